The molecule has 1 nitrogen and oxygen atoms in total. The molecule has 0 bridgehead atoms. The maximum Gasteiger partial charge on any atom is 0.126 e. The van der Waals surface area contributed by atoms with Crippen LogP contribution in [0.4, 0.5) is 8.78 Å². The van der Waals surface area contributed by atoms with Crippen LogP contribution in [-0.4, -0.2) is 6.54 Å². The van der Waals surface area contributed by atoms with Crippen LogP contribution in [0.25, 0.3) is 0 Å². The van der Waals surface area contributed by atoms with Gasteiger partial charge in [0.05, 0.1) is 0 Å². The molecule has 0 radical (unpaired) electrons. The first-order chi connectivity index (χ1) is 7.70. The zero-order valence-electron chi connectivity index (χ0n) is 9.26. The molecule has 88 valence electrons. The van der Waals surface area contributed by atoms with Crippen molar-refractivity contribution in [1.82, 2.24) is 0 Å². The lowest BCUT2D eigenvalue weighted by atomic mass is 9.75. The minimum absolute atomic E-state index is 0.226. The van der Waals surface area contributed by atoms with Gasteiger partial charge in [0.2, 0.25) is 0 Å². The first kappa shape index (κ1) is 11.5. The zero-order chi connectivity index (χ0) is 11.5. The number of hydrogen-bond donors (Lipinski definition) is 1. The van der Waals surface area contributed by atoms with Crippen LogP contribution in [0.15, 0.2) is 18.2 Å². The molecule has 0 amide bonds. The molecule has 0 aliphatic heterocycles. The number of hydrogen-bond acceptors (Lipinski definition) is 1. The van der Waals surface area contributed by atoms with E-state index in [1.54, 1.807) is 0 Å². The Balaban J connectivity index is 2.26. The van der Waals surface area contributed by atoms with Gasteiger partial charge in [0.25, 0.3) is 0 Å². The summed E-state index contributed by atoms with van der Waals surface area (Å²) < 4.78 is 26.3. The lowest BCUT2D eigenvalue weighted by molar-refractivity contribution is 0.313. The average molecular weight is 225 g/mol. The number of nitrogens with two attached hydrogens (primary N) is 1. The van der Waals surface area contributed by atoms with Gasteiger partial charge in [-0.25, -0.2) is 8.78 Å². The van der Waals surface area contributed by atoms with E-state index >= 15 is 0 Å². The second-order valence-corrected chi connectivity index (χ2v) is 4.59. The lowest BCUT2D eigenvalue weighted by Crippen LogP contribution is -2.25. The molecule has 2 N–H and O–H groups in total. The van der Waals surface area contributed by atoms with Crippen molar-refractivity contribution in [2.75, 3.05) is 6.54 Å². The van der Waals surface area contributed by atoms with Gasteiger partial charge in [-0.1, -0.05) is 12.8 Å². The molecule has 1 aromatic carbocycles. The Kier molecular flexibility index (Phi) is 3.54. The molecule has 0 aromatic heterocycles. The van der Waals surface area contributed by atoms with E-state index in [-0.39, 0.29) is 5.92 Å². The minimum Gasteiger partial charge on any atom is -0.330 e. The highest BCUT2D eigenvalue weighted by Gasteiger charge is 2.25. The van der Waals surface area contributed by atoms with Crippen LogP contribution >= 0.6 is 0 Å². The van der Waals surface area contributed by atoms with E-state index in [0.717, 1.165) is 30.9 Å². The highest BCUT2D eigenvalue weighted by Crippen LogP contribution is 2.37. The maximum atomic E-state index is 13.1. The Morgan fingerprint density at radius 2 is 1.69 bits per heavy atom. The molecule has 0 spiro atoms. The molecule has 2 atom stereocenters. The molecule has 1 fully saturated rings. The topological polar surface area (TPSA) is 26.0 Å². The Labute approximate surface area is 94.7 Å². The maximum absolute atomic E-state index is 13.1. The van der Waals surface area contributed by atoms with Gasteiger partial charge >= 0.3 is 0 Å². The quantitative estimate of drug-likeness (QED) is 0.821. The van der Waals surface area contributed by atoms with E-state index in [1.165, 1.54) is 18.6 Å². The predicted octanol–water partition coefficient (Wildman–Crippen LogP) is 3.20. The van der Waals surface area contributed by atoms with Gasteiger partial charge in [0.15, 0.2) is 0 Å². The molecule has 2 rings (SSSR count). The van der Waals surface area contributed by atoms with E-state index in [1.807, 2.05) is 0 Å². The fourth-order valence-corrected chi connectivity index (χ4v) is 2.72. The van der Waals surface area contributed by atoms with Crippen molar-refractivity contribution in [3.8, 4) is 0 Å². The van der Waals surface area contributed by atoms with Crippen molar-refractivity contribution in [2.24, 2.45) is 11.7 Å². The highest BCUT2D eigenvalue weighted by molar-refractivity contribution is 5.23. The number of rotatable bonds is 2. The molecular formula is C13H17F2N. The van der Waals surface area contributed by atoms with Gasteiger partial charge in [0.1, 0.15) is 11.6 Å². The molecule has 3 heteroatoms. The first-order valence-corrected chi connectivity index (χ1v) is 5.87. The number of benzene rings is 1. The zero-order valence-corrected chi connectivity index (χ0v) is 9.26. The monoisotopic (exact) mass is 225 g/mol. The molecular weight excluding hydrogens is 208 g/mol. The van der Waals surface area contributed by atoms with Crippen LogP contribution in [0.5, 0.6) is 0 Å². The van der Waals surface area contributed by atoms with Crippen LogP contribution in [-0.2, 0) is 0 Å². The normalized spacial score (nSPS) is 25.7. The van der Waals surface area contributed by atoms with Crippen LogP contribution in [0, 0.1) is 17.6 Å². The van der Waals surface area contributed by atoms with Crippen molar-refractivity contribution in [1.29, 1.82) is 0 Å². The average Bonchev–Trinajstić information content (AvgIpc) is 2.27. The largest absolute Gasteiger partial charge is 0.330 e. The molecule has 2 unspecified atom stereocenters. The van der Waals surface area contributed by atoms with Crippen LogP contribution in [0.2, 0.25) is 0 Å². The van der Waals surface area contributed by atoms with Crippen LogP contribution < -0.4 is 5.73 Å². The van der Waals surface area contributed by atoms with Crippen LogP contribution in [0.3, 0.4) is 0 Å². The Morgan fingerprint density at radius 3 is 2.31 bits per heavy atom. The lowest BCUT2D eigenvalue weighted by Gasteiger charge is -2.31. The summed E-state index contributed by atoms with van der Waals surface area (Å²) in [5.74, 6) is -0.383. The number of halogens is 2. The van der Waals surface area contributed by atoms with E-state index in [2.05, 4.69) is 0 Å². The SMILES string of the molecule is NCC1CCCCC1c1cc(F)cc(F)c1. The summed E-state index contributed by atoms with van der Waals surface area (Å²) in [5.41, 5.74) is 6.49. The Bertz CT molecular complexity index is 345. The summed E-state index contributed by atoms with van der Waals surface area (Å²) in [7, 11) is 0. The van der Waals surface area contributed by atoms with E-state index in [4.69, 9.17) is 5.73 Å². The molecule has 0 saturated heterocycles. The highest BCUT2D eigenvalue weighted by atomic mass is 19.1. The third kappa shape index (κ3) is 2.40. The molecule has 16 heavy (non-hydrogen) atoms. The van der Waals surface area contributed by atoms with E-state index < -0.39 is 11.6 Å². The summed E-state index contributed by atoms with van der Waals surface area (Å²) in [6.45, 7) is 0.600. The fraction of sp³-hybridized carbons (Fsp3) is 0.538. The van der Waals surface area contributed by atoms with E-state index in [9.17, 15) is 8.78 Å². The van der Waals surface area contributed by atoms with Gasteiger partial charge in [-0.15, -0.1) is 0 Å². The minimum atomic E-state index is -0.489. The van der Waals surface area contributed by atoms with Crippen molar-refractivity contribution >= 4 is 0 Å². The van der Waals surface area contributed by atoms with Gasteiger partial charge < -0.3 is 5.73 Å². The van der Waals surface area contributed by atoms with E-state index in [0.29, 0.717) is 12.5 Å². The Morgan fingerprint density at radius 1 is 1.06 bits per heavy atom. The standard InChI is InChI=1S/C13H17F2N/c14-11-5-10(6-12(15)7-11)13-4-2-1-3-9(13)8-16/h5-7,9,13H,1-4,8,16H2. The van der Waals surface area contributed by atoms with Crippen molar-refractivity contribution < 1.29 is 8.78 Å². The van der Waals surface area contributed by atoms with Crippen molar-refractivity contribution in [3.05, 3.63) is 35.4 Å². The van der Waals surface area contributed by atoms with Crippen molar-refractivity contribution in [3.63, 3.8) is 0 Å². The summed E-state index contributed by atoms with van der Waals surface area (Å²) >= 11 is 0. The smallest absolute Gasteiger partial charge is 0.126 e. The molecule has 1 aromatic rings. The first-order valence-electron chi connectivity index (χ1n) is 5.87. The molecule has 1 aliphatic rings. The summed E-state index contributed by atoms with van der Waals surface area (Å²) in [4.78, 5) is 0. The molecule has 1 saturated carbocycles. The fourth-order valence-electron chi connectivity index (χ4n) is 2.72. The van der Waals surface area contributed by atoms with Gasteiger partial charge in [-0.3, -0.25) is 0 Å². The van der Waals surface area contributed by atoms with Gasteiger partial charge in [0, 0.05) is 6.07 Å². The Hall–Kier alpha value is -0.960. The van der Waals surface area contributed by atoms with Gasteiger partial charge in [-0.05, 0) is 48.9 Å². The second-order valence-electron chi connectivity index (χ2n) is 4.59. The molecule has 0 heterocycles. The summed E-state index contributed by atoms with van der Waals surface area (Å²) in [6.07, 6.45) is 4.36. The van der Waals surface area contributed by atoms with Crippen LogP contribution in [0.1, 0.15) is 37.2 Å². The van der Waals surface area contributed by atoms with Crippen molar-refractivity contribution in [2.45, 2.75) is 31.6 Å². The predicted molar refractivity (Wildman–Crippen MR) is 60.1 cm³/mol. The third-order valence-corrected chi connectivity index (χ3v) is 3.52. The summed E-state index contributed by atoms with van der Waals surface area (Å²) in [6, 6.07) is 3.81. The molecule has 1 aliphatic carbocycles. The second kappa shape index (κ2) is 4.91. The summed E-state index contributed by atoms with van der Waals surface area (Å²) in [5, 5.41) is 0. The van der Waals surface area contributed by atoms with Gasteiger partial charge in [-0.2, -0.15) is 0 Å². The third-order valence-electron chi connectivity index (χ3n) is 3.52.